The van der Waals surface area contributed by atoms with E-state index < -0.39 is 0 Å². The van der Waals surface area contributed by atoms with Crippen LogP contribution in [0, 0.1) is 18.8 Å². The molecule has 0 saturated heterocycles. The van der Waals surface area contributed by atoms with Gasteiger partial charge in [0, 0.05) is 88.8 Å². The van der Waals surface area contributed by atoms with Gasteiger partial charge in [0.05, 0.1) is 0 Å². The molecule has 0 radical (unpaired) electrons. The molecule has 0 atom stereocenters. The predicted molar refractivity (Wildman–Crippen MR) is 292 cm³/mol. The van der Waals surface area contributed by atoms with Crippen molar-refractivity contribution in [3.8, 4) is 56.0 Å². The zero-order chi connectivity index (χ0) is 46.6. The van der Waals surface area contributed by atoms with Crippen molar-refractivity contribution in [2.24, 2.45) is 0 Å². The molecule has 10 aromatic carbocycles. The quantitative estimate of drug-likeness (QED) is 0.161. The number of hydrogen-bond acceptors (Lipinski definition) is 4. The van der Waals surface area contributed by atoms with Crippen LogP contribution in [-0.2, 0) is 21.1 Å². The molecule has 3 aromatic heterocycles. The Labute approximate surface area is 430 Å². The molecular weight excluding hydrogens is 1060 g/mol. The molecule has 15 rings (SSSR count). The molecule has 13 aromatic rings. The molecular formula is C66H39N4OPt-3. The molecule has 0 fully saturated rings. The zero-order valence-electron chi connectivity index (χ0n) is 38.5. The first-order valence-corrected chi connectivity index (χ1v) is 24.0. The Morgan fingerprint density at radius 1 is 0.375 bits per heavy atom. The molecule has 2 aliphatic heterocycles. The molecule has 0 spiro atoms. The summed E-state index contributed by atoms with van der Waals surface area (Å²) >= 11 is 0. The first-order chi connectivity index (χ1) is 35.2. The van der Waals surface area contributed by atoms with Crippen molar-refractivity contribution in [2.45, 2.75) is 0 Å². The van der Waals surface area contributed by atoms with E-state index >= 15 is 0 Å². The molecule has 0 bridgehead atoms. The van der Waals surface area contributed by atoms with Crippen LogP contribution < -0.4 is 14.5 Å². The summed E-state index contributed by atoms with van der Waals surface area (Å²) in [7, 11) is 0. The number of benzene rings is 10. The number of anilines is 4. The maximum atomic E-state index is 6.97. The van der Waals surface area contributed by atoms with Crippen LogP contribution >= 0.6 is 0 Å². The summed E-state index contributed by atoms with van der Waals surface area (Å²) in [5, 5.41) is 9.03. The minimum absolute atomic E-state index is 0. The number of aromatic nitrogens is 2. The van der Waals surface area contributed by atoms with E-state index in [0.717, 1.165) is 105 Å². The third kappa shape index (κ3) is 6.34. The van der Waals surface area contributed by atoms with Crippen molar-refractivity contribution in [3.05, 3.63) is 249 Å². The van der Waals surface area contributed by atoms with Crippen LogP contribution in [0.15, 0.2) is 231 Å². The molecule has 0 saturated carbocycles. The average molecular weight is 1100 g/mol. The molecule has 2 aliphatic rings. The summed E-state index contributed by atoms with van der Waals surface area (Å²) in [5.41, 5.74) is 16.1. The Morgan fingerprint density at radius 3 is 1.60 bits per heavy atom. The van der Waals surface area contributed by atoms with Gasteiger partial charge in [0.25, 0.3) is 0 Å². The van der Waals surface area contributed by atoms with Gasteiger partial charge in [0.15, 0.2) is 0 Å². The van der Waals surface area contributed by atoms with Gasteiger partial charge in [-0.15, -0.1) is 41.9 Å². The Balaban J connectivity index is 0.00000482. The first kappa shape index (κ1) is 42.1. The SMILES string of the molecule is [Pt].[c-]1c(Oc2[c-]c3c(cc2)c2cccc4c5ccccc5c5ccccc5c5cccnc5n3c42)ccc2c1N1[CH-]N(c3c(-c4ccccc4)cccc3-c3ccccc3)c3cccc(c31)-c1ccccc1-2. The van der Waals surface area contributed by atoms with E-state index in [1.165, 1.54) is 21.7 Å². The number of pyridine rings is 1. The van der Waals surface area contributed by atoms with Crippen molar-refractivity contribution >= 4 is 82.5 Å². The van der Waals surface area contributed by atoms with Crippen LogP contribution in [0.1, 0.15) is 0 Å². The van der Waals surface area contributed by atoms with Gasteiger partial charge in [-0.1, -0.05) is 199 Å². The maximum absolute atomic E-state index is 6.97. The standard InChI is InChI=1S/C66H39N4O.Pt/c1-3-17-42(18-4-1)46-27-13-28-47(43-19-5-2-6-20-43)63(46)68-41-69-61-39-44(34-36-54(61)50-23-9-11-25-52(50)57-31-15-33-60(68)65(57)69)71-45-35-37-55-58-30-14-29-56-51-24-10-7-21-48(51)49-22-8-12-26-53(49)59-32-16-38-67-66(59)70(64(56)58)62(55)40-45;/h1-38,41H;/q-3;. The van der Waals surface area contributed by atoms with E-state index in [2.05, 4.69) is 239 Å². The van der Waals surface area contributed by atoms with Gasteiger partial charge in [-0.2, -0.15) is 12.1 Å². The van der Waals surface area contributed by atoms with Crippen LogP contribution in [0.2, 0.25) is 0 Å². The fraction of sp³-hybridized carbons (Fsp3) is 0. The first-order valence-electron chi connectivity index (χ1n) is 24.0. The second-order valence-corrected chi connectivity index (χ2v) is 18.3. The summed E-state index contributed by atoms with van der Waals surface area (Å²) in [6.45, 7) is 2.24. The normalized spacial score (nSPS) is 12.5. The van der Waals surface area contributed by atoms with Gasteiger partial charge >= 0.3 is 0 Å². The van der Waals surface area contributed by atoms with Gasteiger partial charge in [0.1, 0.15) is 5.65 Å². The van der Waals surface area contributed by atoms with Crippen LogP contribution in [0.3, 0.4) is 0 Å². The zero-order valence-corrected chi connectivity index (χ0v) is 40.8. The molecule has 0 unspecified atom stereocenters. The van der Waals surface area contributed by atoms with Gasteiger partial charge in [0.2, 0.25) is 0 Å². The molecule has 0 aliphatic carbocycles. The maximum Gasteiger partial charge on any atom is 0.143 e. The molecule has 6 heteroatoms. The monoisotopic (exact) mass is 1100 g/mol. The summed E-state index contributed by atoms with van der Waals surface area (Å²) in [4.78, 5) is 9.84. The fourth-order valence-electron chi connectivity index (χ4n) is 11.4. The third-order valence-corrected chi connectivity index (χ3v) is 14.5. The summed E-state index contributed by atoms with van der Waals surface area (Å²) in [6, 6.07) is 87.6. The summed E-state index contributed by atoms with van der Waals surface area (Å²) in [6.07, 6.45) is 1.89. The van der Waals surface area contributed by atoms with E-state index in [4.69, 9.17) is 9.72 Å². The third-order valence-electron chi connectivity index (χ3n) is 14.5. The predicted octanol–water partition coefficient (Wildman–Crippen LogP) is 17.4. The molecule has 342 valence electrons. The Morgan fingerprint density at radius 2 is 0.889 bits per heavy atom. The molecule has 72 heavy (non-hydrogen) atoms. The van der Waals surface area contributed by atoms with Gasteiger partial charge in [-0.25, -0.2) is 4.98 Å². The van der Waals surface area contributed by atoms with Crippen molar-refractivity contribution in [3.63, 3.8) is 0 Å². The van der Waals surface area contributed by atoms with Crippen LogP contribution in [0.25, 0.3) is 104 Å². The number of rotatable bonds is 5. The number of fused-ring (bicyclic) bond motifs is 15. The molecule has 5 heterocycles. The second-order valence-electron chi connectivity index (χ2n) is 18.3. The number of ether oxygens (including phenoxy) is 1. The van der Waals surface area contributed by atoms with E-state index in [-0.39, 0.29) is 21.1 Å². The van der Waals surface area contributed by atoms with Gasteiger partial charge < -0.3 is 18.9 Å². The Kier molecular flexibility index (Phi) is 9.77. The van der Waals surface area contributed by atoms with Crippen molar-refractivity contribution in [1.82, 2.24) is 9.38 Å². The van der Waals surface area contributed by atoms with E-state index in [1.54, 1.807) is 0 Å². The number of hydrogen-bond donors (Lipinski definition) is 0. The summed E-state index contributed by atoms with van der Waals surface area (Å²) < 4.78 is 9.26. The van der Waals surface area contributed by atoms with Gasteiger partial charge in [-0.05, 0) is 61.8 Å². The fourth-order valence-corrected chi connectivity index (χ4v) is 11.4. The topological polar surface area (TPSA) is 33.0 Å². The minimum atomic E-state index is 0. The Bertz CT molecular complexity index is 4320. The average Bonchev–Trinajstić information content (AvgIpc) is 3.97. The summed E-state index contributed by atoms with van der Waals surface area (Å²) in [5.74, 6) is 1.17. The van der Waals surface area contributed by atoms with E-state index in [0.29, 0.717) is 11.5 Å². The van der Waals surface area contributed by atoms with Crippen molar-refractivity contribution in [2.75, 3.05) is 9.80 Å². The molecule has 0 N–H and O–H groups in total. The smallest absolute Gasteiger partial charge is 0.143 e. The van der Waals surface area contributed by atoms with Crippen molar-refractivity contribution in [1.29, 1.82) is 0 Å². The van der Waals surface area contributed by atoms with Crippen LogP contribution in [-0.4, -0.2) is 9.38 Å². The molecule has 0 amide bonds. The van der Waals surface area contributed by atoms with Crippen LogP contribution in [0.5, 0.6) is 11.5 Å². The Hall–Kier alpha value is -8.76. The minimum Gasteiger partial charge on any atom is -0.509 e. The number of nitrogens with zero attached hydrogens (tertiary/aromatic N) is 4. The van der Waals surface area contributed by atoms with Gasteiger partial charge in [-0.3, -0.25) is 0 Å². The second kappa shape index (κ2) is 16.7. The van der Waals surface area contributed by atoms with Crippen LogP contribution in [0.4, 0.5) is 22.7 Å². The number of para-hydroxylation sites is 3. The largest absolute Gasteiger partial charge is 0.509 e. The van der Waals surface area contributed by atoms with E-state index in [9.17, 15) is 0 Å². The van der Waals surface area contributed by atoms with E-state index in [1.807, 2.05) is 24.4 Å². The molecule has 5 nitrogen and oxygen atoms in total. The van der Waals surface area contributed by atoms with Crippen molar-refractivity contribution < 1.29 is 25.8 Å².